The third kappa shape index (κ3) is 7.05. The highest BCUT2D eigenvalue weighted by Crippen LogP contribution is 2.30. The van der Waals surface area contributed by atoms with Crippen LogP contribution in [0.3, 0.4) is 0 Å². The van der Waals surface area contributed by atoms with Gasteiger partial charge in [0.1, 0.15) is 48.8 Å². The van der Waals surface area contributed by atoms with Crippen LogP contribution in [0, 0.1) is 0 Å². The van der Waals surface area contributed by atoms with E-state index in [1.54, 1.807) is 0 Å². The molecule has 0 aromatic rings. The van der Waals surface area contributed by atoms with Crippen LogP contribution < -0.4 is 11.1 Å². The normalized spacial score (nSPS) is 39.5. The molecule has 0 aromatic heterocycles. The first kappa shape index (κ1) is 28.8. The maximum absolute atomic E-state index is 11.6. The van der Waals surface area contributed by atoms with Crippen molar-refractivity contribution in [3.05, 3.63) is 12.3 Å². The molecular weight excluding hydrogens is 460 g/mol. The molecular formula is C20H36N2O12. The molecule has 2 fully saturated rings. The molecule has 0 bridgehead atoms. The molecule has 0 spiro atoms. The van der Waals surface area contributed by atoms with E-state index in [9.17, 15) is 45.6 Å². The van der Waals surface area contributed by atoms with Crippen LogP contribution in [0.25, 0.3) is 0 Å². The number of aliphatic carboxylic acids is 1. The van der Waals surface area contributed by atoms with Crippen LogP contribution in [0.1, 0.15) is 25.7 Å². The van der Waals surface area contributed by atoms with Crippen molar-refractivity contribution >= 4 is 5.97 Å². The van der Waals surface area contributed by atoms with Gasteiger partial charge in [0.2, 0.25) is 5.79 Å². The van der Waals surface area contributed by atoms with Gasteiger partial charge in [-0.2, -0.15) is 0 Å². The van der Waals surface area contributed by atoms with Crippen molar-refractivity contribution < 1.29 is 59.9 Å². The van der Waals surface area contributed by atoms with Crippen molar-refractivity contribution in [1.29, 1.82) is 0 Å². The summed E-state index contributed by atoms with van der Waals surface area (Å²) in [5.74, 6) is -3.56. The van der Waals surface area contributed by atoms with Gasteiger partial charge in [-0.25, -0.2) is 0 Å². The Kier molecular flexibility index (Phi) is 10.6. The molecule has 11 N–H and O–H groups in total. The second kappa shape index (κ2) is 12.5. The second-order valence-corrected chi connectivity index (χ2v) is 8.64. The van der Waals surface area contributed by atoms with Crippen LogP contribution in [0.5, 0.6) is 0 Å². The summed E-state index contributed by atoms with van der Waals surface area (Å²) < 4.78 is 15.8. The molecule has 14 nitrogen and oxygen atoms in total. The van der Waals surface area contributed by atoms with Gasteiger partial charge in [-0.15, -0.1) is 0 Å². The van der Waals surface area contributed by atoms with Gasteiger partial charge in [-0.05, 0) is 19.3 Å². The summed E-state index contributed by atoms with van der Waals surface area (Å²) in [6.45, 7) is 1.79. The van der Waals surface area contributed by atoms with Gasteiger partial charge in [0.15, 0.2) is 6.29 Å². The molecule has 198 valence electrons. The van der Waals surface area contributed by atoms with E-state index in [4.69, 9.17) is 19.9 Å². The number of hydrogen-bond donors (Lipinski definition) is 10. The highest BCUT2D eigenvalue weighted by Gasteiger charge is 2.53. The number of nitrogens with one attached hydrogen (secondary N) is 1. The topological polar surface area (TPSA) is 245 Å². The highest BCUT2D eigenvalue weighted by atomic mass is 16.7. The summed E-state index contributed by atoms with van der Waals surface area (Å²) in [4.78, 5) is 11.6. The molecule has 0 aromatic carbocycles. The number of unbranched alkanes of at least 4 members (excludes halogenated alkanes) is 1. The predicted molar refractivity (Wildman–Crippen MR) is 113 cm³/mol. The van der Waals surface area contributed by atoms with E-state index in [-0.39, 0.29) is 6.42 Å². The van der Waals surface area contributed by atoms with Gasteiger partial charge in [-0.3, -0.25) is 10.1 Å². The first-order valence-corrected chi connectivity index (χ1v) is 11.0. The molecule has 2 saturated heterocycles. The van der Waals surface area contributed by atoms with Crippen LogP contribution >= 0.6 is 0 Å². The first-order chi connectivity index (χ1) is 15.9. The molecule has 4 unspecified atom stereocenters. The van der Waals surface area contributed by atoms with Gasteiger partial charge in [0, 0.05) is 5.70 Å². The molecule has 10 atom stereocenters. The van der Waals surface area contributed by atoms with Gasteiger partial charge in [-0.1, -0.05) is 13.0 Å². The van der Waals surface area contributed by atoms with E-state index < -0.39 is 86.6 Å². The van der Waals surface area contributed by atoms with Crippen LogP contribution in [0.4, 0.5) is 0 Å². The quantitative estimate of drug-likeness (QED) is 0.115. The van der Waals surface area contributed by atoms with Crippen molar-refractivity contribution in [3.63, 3.8) is 0 Å². The minimum Gasteiger partial charge on any atom is -0.480 e. The summed E-state index contributed by atoms with van der Waals surface area (Å²) >= 11 is 0. The molecule has 2 heterocycles. The number of aliphatic hydroxyl groups excluding tert-OH is 6. The SMILES string of the molecule is C=C(N)CCCCC(NC[C@]1(O)OC[C@@H](O)[C@H](O[C@@H]2OC(CO)[C@@H](O)[C@@H](O)C2O)C1O)C(=O)O. The van der Waals surface area contributed by atoms with Gasteiger partial charge < -0.3 is 60.8 Å². The number of allylic oxidation sites excluding steroid dienone is 1. The molecule has 0 saturated carbocycles. The fourth-order valence-corrected chi connectivity index (χ4v) is 3.82. The molecule has 0 amide bonds. The fourth-order valence-electron chi connectivity index (χ4n) is 3.82. The Morgan fingerprint density at radius 2 is 1.85 bits per heavy atom. The van der Waals surface area contributed by atoms with Crippen molar-refractivity contribution in [2.45, 2.75) is 86.5 Å². The summed E-state index contributed by atoms with van der Waals surface area (Å²) in [6, 6.07) is -1.08. The summed E-state index contributed by atoms with van der Waals surface area (Å²) in [7, 11) is 0. The fraction of sp³-hybridized carbons (Fsp3) is 0.850. The number of carboxylic acid groups (broad SMARTS) is 1. The van der Waals surface area contributed by atoms with Crippen LogP contribution in [0.15, 0.2) is 12.3 Å². The molecule has 2 aliphatic heterocycles. The molecule has 14 heteroatoms. The van der Waals surface area contributed by atoms with Crippen LogP contribution in [-0.2, 0) is 19.0 Å². The lowest BCUT2D eigenvalue weighted by Crippen LogP contribution is -2.68. The smallest absolute Gasteiger partial charge is 0.320 e. The van der Waals surface area contributed by atoms with Crippen molar-refractivity contribution in [3.8, 4) is 0 Å². The van der Waals surface area contributed by atoms with E-state index >= 15 is 0 Å². The Labute approximate surface area is 196 Å². The zero-order valence-corrected chi connectivity index (χ0v) is 18.6. The van der Waals surface area contributed by atoms with Gasteiger partial charge in [0.25, 0.3) is 0 Å². The maximum atomic E-state index is 11.6. The van der Waals surface area contributed by atoms with E-state index in [0.717, 1.165) is 0 Å². The Balaban J connectivity index is 2.02. The van der Waals surface area contributed by atoms with E-state index in [0.29, 0.717) is 25.0 Å². The minimum atomic E-state index is -2.38. The third-order valence-corrected chi connectivity index (χ3v) is 5.94. The first-order valence-electron chi connectivity index (χ1n) is 11.0. The average molecular weight is 497 g/mol. The molecule has 34 heavy (non-hydrogen) atoms. The monoisotopic (exact) mass is 496 g/mol. The summed E-state index contributed by atoms with van der Waals surface area (Å²) in [5, 5.41) is 83.0. The molecule has 2 aliphatic rings. The standard InChI is InChI=1S/C20H36N2O12/c1-9(21)4-2-3-5-10(18(29)30)22-8-20(31)17(28)16(11(24)7-32-20)34-19-15(27)14(26)13(25)12(6-23)33-19/h10-17,19,22-28,31H,1-8,21H2,(H,29,30)/t10?,11-,12?,13-,14-,15?,16+,17?,19+,20+/m1/s1. The van der Waals surface area contributed by atoms with Crippen molar-refractivity contribution in [2.24, 2.45) is 5.73 Å². The summed E-state index contributed by atoms with van der Waals surface area (Å²) in [5.41, 5.74) is 5.97. The number of nitrogens with two attached hydrogens (primary N) is 1. The zero-order valence-electron chi connectivity index (χ0n) is 18.6. The van der Waals surface area contributed by atoms with E-state index in [1.165, 1.54) is 0 Å². The lowest BCUT2D eigenvalue weighted by Gasteiger charge is -2.47. The molecule has 0 radical (unpaired) electrons. The second-order valence-electron chi connectivity index (χ2n) is 8.64. The zero-order chi connectivity index (χ0) is 25.6. The average Bonchev–Trinajstić information content (AvgIpc) is 2.78. The Morgan fingerprint density at radius 3 is 2.44 bits per heavy atom. The number of aliphatic hydroxyl groups is 7. The van der Waals surface area contributed by atoms with Crippen LogP contribution in [0.2, 0.25) is 0 Å². The van der Waals surface area contributed by atoms with E-state index in [2.05, 4.69) is 11.9 Å². The van der Waals surface area contributed by atoms with Crippen molar-refractivity contribution in [2.75, 3.05) is 19.8 Å². The molecule has 0 aliphatic carbocycles. The number of rotatable bonds is 12. The highest BCUT2D eigenvalue weighted by molar-refractivity contribution is 5.73. The molecule has 2 rings (SSSR count). The number of ether oxygens (including phenoxy) is 3. The Morgan fingerprint density at radius 1 is 1.18 bits per heavy atom. The van der Waals surface area contributed by atoms with Gasteiger partial charge in [0.05, 0.1) is 19.8 Å². The summed E-state index contributed by atoms with van der Waals surface area (Å²) in [6.07, 6.45) is -11.3. The Hall–Kier alpha value is -1.43. The van der Waals surface area contributed by atoms with Crippen molar-refractivity contribution in [1.82, 2.24) is 5.32 Å². The van der Waals surface area contributed by atoms with E-state index in [1.807, 2.05) is 0 Å². The number of carboxylic acids is 1. The Bertz CT molecular complexity index is 682. The lowest BCUT2D eigenvalue weighted by molar-refractivity contribution is -0.367. The number of hydrogen-bond acceptors (Lipinski definition) is 13. The largest absolute Gasteiger partial charge is 0.480 e. The number of carbonyl (C=O) groups is 1. The predicted octanol–water partition coefficient (Wildman–Crippen LogP) is -4.31. The maximum Gasteiger partial charge on any atom is 0.320 e. The third-order valence-electron chi connectivity index (χ3n) is 5.94. The minimum absolute atomic E-state index is 0.197. The van der Waals surface area contributed by atoms with Gasteiger partial charge >= 0.3 is 5.97 Å². The van der Waals surface area contributed by atoms with Crippen LogP contribution in [-0.4, -0.2) is 127 Å². The lowest BCUT2D eigenvalue weighted by atomic mass is 9.95.